The highest BCUT2D eigenvalue weighted by Crippen LogP contribution is 2.51. The maximum absolute atomic E-state index is 14.0. The van der Waals surface area contributed by atoms with E-state index in [-0.39, 0.29) is 17.3 Å². The van der Waals surface area contributed by atoms with Crippen LogP contribution in [0.2, 0.25) is 5.02 Å². The summed E-state index contributed by atoms with van der Waals surface area (Å²) in [6.07, 6.45) is 2.69. The van der Waals surface area contributed by atoms with E-state index in [1.807, 2.05) is 18.2 Å². The van der Waals surface area contributed by atoms with E-state index in [2.05, 4.69) is 17.6 Å². The van der Waals surface area contributed by atoms with Crippen LogP contribution in [0.1, 0.15) is 24.0 Å². The van der Waals surface area contributed by atoms with Gasteiger partial charge in [0.1, 0.15) is 5.82 Å². The Morgan fingerprint density at radius 2 is 1.90 bits per heavy atom. The topological polar surface area (TPSA) is 38.0 Å². The largest absolute Gasteiger partial charge is 0.271 e. The summed E-state index contributed by atoms with van der Waals surface area (Å²) in [5.41, 5.74) is 4.82. The van der Waals surface area contributed by atoms with E-state index in [1.165, 1.54) is 11.6 Å². The van der Waals surface area contributed by atoms with E-state index in [1.54, 1.807) is 12.1 Å². The van der Waals surface area contributed by atoms with Crippen LogP contribution in [-0.2, 0) is 11.8 Å². The molecule has 21 heavy (non-hydrogen) atoms. The zero-order valence-corrected chi connectivity index (χ0v) is 12.4. The second-order valence-corrected chi connectivity index (χ2v) is 6.12. The van der Waals surface area contributed by atoms with E-state index in [4.69, 9.17) is 17.4 Å². The van der Waals surface area contributed by atoms with Crippen molar-refractivity contribution in [1.82, 2.24) is 5.43 Å². The van der Waals surface area contributed by atoms with E-state index >= 15 is 0 Å². The smallest absolute Gasteiger partial charge is 0.127 e. The molecule has 0 aromatic heterocycles. The molecule has 2 aromatic carbocycles. The first kappa shape index (κ1) is 14.5. The number of hydrazine groups is 1. The Hall–Kier alpha value is -1.42. The maximum atomic E-state index is 14.0. The molecule has 3 N–H and O–H groups in total. The molecule has 1 aliphatic carbocycles. The Balaban J connectivity index is 1.86. The SMILES string of the molecule is NNC(Cc1ccc(Cl)cc1F)C1(c2ccccc2)CC1. The third-order valence-electron chi connectivity index (χ3n) is 4.44. The summed E-state index contributed by atoms with van der Waals surface area (Å²) in [5.74, 6) is 5.49. The number of hydrogen-bond donors (Lipinski definition) is 2. The van der Waals surface area contributed by atoms with Gasteiger partial charge in [0, 0.05) is 16.5 Å². The minimum absolute atomic E-state index is 0.00979. The molecule has 0 bridgehead atoms. The lowest BCUT2D eigenvalue weighted by molar-refractivity contribution is 0.414. The quantitative estimate of drug-likeness (QED) is 0.654. The van der Waals surface area contributed by atoms with Gasteiger partial charge in [0.25, 0.3) is 0 Å². The average Bonchev–Trinajstić information content (AvgIpc) is 3.29. The molecule has 0 amide bonds. The highest BCUT2D eigenvalue weighted by molar-refractivity contribution is 6.30. The molecule has 1 atom stereocenters. The first-order valence-electron chi connectivity index (χ1n) is 7.11. The zero-order valence-electron chi connectivity index (χ0n) is 11.7. The zero-order chi connectivity index (χ0) is 14.9. The van der Waals surface area contributed by atoms with Gasteiger partial charge in [0.15, 0.2) is 0 Å². The standard InChI is InChI=1S/C17H18ClFN2/c18-14-7-6-12(15(19)11-14)10-16(21-20)17(8-9-17)13-4-2-1-3-5-13/h1-7,11,16,21H,8-10,20H2. The second kappa shape index (κ2) is 5.76. The number of hydrogen-bond acceptors (Lipinski definition) is 2. The number of rotatable bonds is 5. The molecule has 0 aliphatic heterocycles. The summed E-state index contributed by atoms with van der Waals surface area (Å²) in [5, 5.41) is 0.415. The molecule has 1 saturated carbocycles. The van der Waals surface area contributed by atoms with E-state index < -0.39 is 0 Å². The van der Waals surface area contributed by atoms with Crippen molar-refractivity contribution in [2.24, 2.45) is 5.84 Å². The molecule has 2 nitrogen and oxygen atoms in total. The van der Waals surface area contributed by atoms with Crippen molar-refractivity contribution in [2.45, 2.75) is 30.7 Å². The van der Waals surface area contributed by atoms with Crippen molar-refractivity contribution in [3.63, 3.8) is 0 Å². The molecule has 1 fully saturated rings. The van der Waals surface area contributed by atoms with Crippen LogP contribution in [0.15, 0.2) is 48.5 Å². The van der Waals surface area contributed by atoms with Crippen LogP contribution < -0.4 is 11.3 Å². The predicted octanol–water partition coefficient (Wildman–Crippen LogP) is 3.59. The summed E-state index contributed by atoms with van der Waals surface area (Å²) < 4.78 is 14.0. The van der Waals surface area contributed by atoms with Gasteiger partial charge < -0.3 is 0 Å². The van der Waals surface area contributed by atoms with Gasteiger partial charge in [0.05, 0.1) is 0 Å². The van der Waals surface area contributed by atoms with Gasteiger partial charge >= 0.3 is 0 Å². The third-order valence-corrected chi connectivity index (χ3v) is 4.68. The fourth-order valence-electron chi connectivity index (χ4n) is 3.06. The Morgan fingerprint density at radius 3 is 2.48 bits per heavy atom. The Bertz CT molecular complexity index is 626. The number of nitrogens with two attached hydrogens (primary N) is 1. The lowest BCUT2D eigenvalue weighted by atomic mass is 9.85. The van der Waals surface area contributed by atoms with E-state index in [0.717, 1.165) is 12.8 Å². The van der Waals surface area contributed by atoms with Gasteiger partial charge in [-0.1, -0.05) is 48.0 Å². The molecule has 2 aromatic rings. The molecule has 4 heteroatoms. The van der Waals surface area contributed by atoms with Crippen molar-refractivity contribution >= 4 is 11.6 Å². The molecule has 0 saturated heterocycles. The van der Waals surface area contributed by atoms with Crippen LogP contribution in [0.25, 0.3) is 0 Å². The summed E-state index contributed by atoms with van der Waals surface area (Å²) in [4.78, 5) is 0. The lowest BCUT2D eigenvalue weighted by Gasteiger charge is -2.27. The van der Waals surface area contributed by atoms with Crippen molar-refractivity contribution in [1.29, 1.82) is 0 Å². The van der Waals surface area contributed by atoms with Crippen LogP contribution in [0.5, 0.6) is 0 Å². The monoisotopic (exact) mass is 304 g/mol. The maximum Gasteiger partial charge on any atom is 0.127 e. The van der Waals surface area contributed by atoms with Crippen LogP contribution in [0, 0.1) is 5.82 Å². The molecule has 3 rings (SSSR count). The minimum Gasteiger partial charge on any atom is -0.271 e. The van der Waals surface area contributed by atoms with Gasteiger partial charge in [0.2, 0.25) is 0 Å². The molecule has 0 spiro atoms. The van der Waals surface area contributed by atoms with Gasteiger partial charge in [-0.15, -0.1) is 0 Å². The second-order valence-electron chi connectivity index (χ2n) is 5.68. The highest BCUT2D eigenvalue weighted by atomic mass is 35.5. The van der Waals surface area contributed by atoms with Gasteiger partial charge in [-0.05, 0) is 42.5 Å². The Labute approximate surface area is 129 Å². The van der Waals surface area contributed by atoms with Crippen LogP contribution >= 0.6 is 11.6 Å². The Kier molecular flexibility index (Phi) is 3.98. The highest BCUT2D eigenvalue weighted by Gasteiger charge is 2.50. The van der Waals surface area contributed by atoms with Crippen LogP contribution in [-0.4, -0.2) is 6.04 Å². The van der Waals surface area contributed by atoms with Gasteiger partial charge in [-0.25, -0.2) is 4.39 Å². The first-order chi connectivity index (χ1) is 10.2. The van der Waals surface area contributed by atoms with Gasteiger partial charge in [-0.3, -0.25) is 11.3 Å². The fraction of sp³-hybridized carbons (Fsp3) is 0.294. The molecular formula is C17H18ClFN2. The Morgan fingerprint density at radius 1 is 1.19 bits per heavy atom. The van der Waals surface area contributed by atoms with E-state index in [9.17, 15) is 4.39 Å². The first-order valence-corrected chi connectivity index (χ1v) is 7.49. The summed E-state index contributed by atoms with van der Waals surface area (Å²) in [6, 6.07) is 15.1. The number of nitrogens with one attached hydrogen (secondary N) is 1. The van der Waals surface area contributed by atoms with Gasteiger partial charge in [-0.2, -0.15) is 0 Å². The molecule has 1 unspecified atom stereocenters. The number of halogens is 2. The molecule has 0 radical (unpaired) electrons. The summed E-state index contributed by atoms with van der Waals surface area (Å²) in [7, 11) is 0. The minimum atomic E-state index is -0.272. The molecule has 0 heterocycles. The number of benzene rings is 2. The molecule has 110 valence electrons. The lowest BCUT2D eigenvalue weighted by Crippen LogP contribution is -2.45. The van der Waals surface area contributed by atoms with Crippen LogP contribution in [0.4, 0.5) is 4.39 Å². The summed E-state index contributed by atoms with van der Waals surface area (Å²) in [6.45, 7) is 0. The van der Waals surface area contributed by atoms with E-state index in [0.29, 0.717) is 17.0 Å². The van der Waals surface area contributed by atoms with Crippen molar-refractivity contribution in [2.75, 3.05) is 0 Å². The van der Waals surface area contributed by atoms with Crippen LogP contribution in [0.3, 0.4) is 0 Å². The normalized spacial score (nSPS) is 17.5. The third kappa shape index (κ3) is 2.82. The summed E-state index contributed by atoms with van der Waals surface area (Å²) >= 11 is 5.81. The predicted molar refractivity (Wildman–Crippen MR) is 83.6 cm³/mol. The van der Waals surface area contributed by atoms with Crippen molar-refractivity contribution in [3.8, 4) is 0 Å². The molecule has 1 aliphatic rings. The molecular weight excluding hydrogens is 287 g/mol. The fourth-order valence-corrected chi connectivity index (χ4v) is 3.22. The van der Waals surface area contributed by atoms with Crippen molar-refractivity contribution < 1.29 is 4.39 Å². The van der Waals surface area contributed by atoms with Crippen molar-refractivity contribution in [3.05, 3.63) is 70.5 Å². The average molecular weight is 305 g/mol.